The van der Waals surface area contributed by atoms with Gasteiger partial charge in [-0.05, 0) is 35.7 Å². The molecule has 0 heterocycles. The topological polar surface area (TPSA) is 69.6 Å². The first-order valence-corrected chi connectivity index (χ1v) is 8.52. The summed E-state index contributed by atoms with van der Waals surface area (Å²) in [5, 5.41) is 3.39. The van der Waals surface area contributed by atoms with Gasteiger partial charge in [-0.15, -0.1) is 0 Å². The van der Waals surface area contributed by atoms with Gasteiger partial charge in [-0.1, -0.05) is 48.0 Å². The third kappa shape index (κ3) is 4.40. The second-order valence-electron chi connectivity index (χ2n) is 4.85. The first kappa shape index (κ1) is 16.2. The van der Waals surface area contributed by atoms with Crippen LogP contribution in [0.4, 0.5) is 0 Å². The van der Waals surface area contributed by atoms with E-state index in [9.17, 15) is 14.4 Å². The Bertz CT molecular complexity index is 671. The van der Waals surface area contributed by atoms with Gasteiger partial charge in [0.25, 0.3) is 0 Å². The number of benzene rings is 2. The highest BCUT2D eigenvalue weighted by Gasteiger charge is 2.30. The summed E-state index contributed by atoms with van der Waals surface area (Å²) in [6, 6.07) is 14.3. The Morgan fingerprint density at radius 3 is 2.52 bits per heavy atom. The minimum atomic E-state index is -4.34. The summed E-state index contributed by atoms with van der Waals surface area (Å²) >= 11 is 5.90. The van der Waals surface area contributed by atoms with Gasteiger partial charge in [0, 0.05) is 11.6 Å². The molecule has 2 aromatic carbocycles. The molecular weight excluding hydrogens is 309 g/mol. The highest BCUT2D eigenvalue weighted by molar-refractivity contribution is 7.52. The first-order valence-electron chi connectivity index (χ1n) is 6.46. The van der Waals surface area contributed by atoms with Crippen LogP contribution in [0.15, 0.2) is 48.5 Å². The van der Waals surface area contributed by atoms with Crippen LogP contribution < -0.4 is 5.32 Å². The summed E-state index contributed by atoms with van der Waals surface area (Å²) < 4.78 is 11.7. The van der Waals surface area contributed by atoms with Crippen molar-refractivity contribution >= 4 is 19.2 Å². The molecule has 112 valence electrons. The zero-order valence-corrected chi connectivity index (χ0v) is 13.2. The average Bonchev–Trinajstić information content (AvgIpc) is 2.39. The summed E-state index contributed by atoms with van der Waals surface area (Å²) in [6.45, 7) is 2.33. The SMILES string of the molecule is Cc1ccccc1CN[C@H](c1cccc(Cl)c1)P(=O)(O)O. The quantitative estimate of drug-likeness (QED) is 0.734. The van der Waals surface area contributed by atoms with Crippen molar-refractivity contribution in [1.82, 2.24) is 5.32 Å². The van der Waals surface area contributed by atoms with Gasteiger partial charge < -0.3 is 9.79 Å². The second kappa shape index (κ2) is 6.73. The molecule has 0 amide bonds. The van der Waals surface area contributed by atoms with E-state index in [0.717, 1.165) is 11.1 Å². The van der Waals surface area contributed by atoms with E-state index in [1.807, 2.05) is 31.2 Å². The zero-order chi connectivity index (χ0) is 15.5. The van der Waals surface area contributed by atoms with Crippen molar-refractivity contribution < 1.29 is 14.4 Å². The van der Waals surface area contributed by atoms with Crippen LogP contribution in [0.3, 0.4) is 0 Å². The largest absolute Gasteiger partial charge is 0.346 e. The summed E-state index contributed by atoms with van der Waals surface area (Å²) in [7, 11) is -4.34. The average molecular weight is 326 g/mol. The molecule has 0 aliphatic rings. The normalized spacial score (nSPS) is 13.1. The van der Waals surface area contributed by atoms with Crippen LogP contribution in [0.5, 0.6) is 0 Å². The molecule has 0 bridgehead atoms. The Kier molecular flexibility index (Phi) is 5.20. The van der Waals surface area contributed by atoms with Crippen molar-refractivity contribution in [1.29, 1.82) is 0 Å². The van der Waals surface area contributed by atoms with Gasteiger partial charge in [0.1, 0.15) is 5.78 Å². The fourth-order valence-corrected chi connectivity index (χ4v) is 3.20. The van der Waals surface area contributed by atoms with E-state index in [2.05, 4.69) is 5.32 Å². The van der Waals surface area contributed by atoms with Crippen LogP contribution in [0.1, 0.15) is 22.5 Å². The summed E-state index contributed by atoms with van der Waals surface area (Å²) in [4.78, 5) is 19.1. The number of hydrogen-bond acceptors (Lipinski definition) is 2. The second-order valence-corrected chi connectivity index (χ2v) is 6.99. The monoisotopic (exact) mass is 325 g/mol. The number of rotatable bonds is 5. The predicted octanol–water partition coefficient (Wildman–Crippen LogP) is 3.61. The van der Waals surface area contributed by atoms with E-state index >= 15 is 0 Å². The van der Waals surface area contributed by atoms with Gasteiger partial charge in [-0.3, -0.25) is 9.88 Å². The Balaban J connectivity index is 2.23. The molecule has 2 aromatic rings. The van der Waals surface area contributed by atoms with Crippen LogP contribution in [0.2, 0.25) is 5.02 Å². The van der Waals surface area contributed by atoms with Gasteiger partial charge in [0.2, 0.25) is 0 Å². The third-order valence-electron chi connectivity index (χ3n) is 3.25. The maximum absolute atomic E-state index is 11.7. The summed E-state index contributed by atoms with van der Waals surface area (Å²) in [5.41, 5.74) is 2.54. The number of aryl methyl sites for hydroxylation is 1. The van der Waals surface area contributed by atoms with Crippen molar-refractivity contribution in [2.24, 2.45) is 0 Å². The van der Waals surface area contributed by atoms with Crippen LogP contribution in [0.25, 0.3) is 0 Å². The molecule has 0 spiro atoms. The lowest BCUT2D eigenvalue weighted by molar-refractivity contribution is 0.347. The molecular formula is C15H17ClNO3P. The smallest absolute Gasteiger partial charge is 0.323 e. The van der Waals surface area contributed by atoms with Crippen LogP contribution in [0, 0.1) is 6.92 Å². The lowest BCUT2D eigenvalue weighted by Crippen LogP contribution is -2.21. The molecule has 21 heavy (non-hydrogen) atoms. The number of halogens is 1. The first-order chi connectivity index (χ1) is 9.88. The zero-order valence-electron chi connectivity index (χ0n) is 11.5. The molecule has 0 saturated heterocycles. The Hall–Kier alpha value is -1.16. The standard InChI is InChI=1S/C15H17ClNO3P/c1-11-5-2-3-6-13(11)10-17-15(21(18,19)20)12-7-4-8-14(16)9-12/h2-9,15,17H,10H2,1H3,(H2,18,19,20)/t15-/m0/s1. The van der Waals surface area contributed by atoms with Crippen LogP contribution in [-0.2, 0) is 11.1 Å². The van der Waals surface area contributed by atoms with E-state index in [1.54, 1.807) is 24.3 Å². The Morgan fingerprint density at radius 2 is 1.90 bits per heavy atom. The van der Waals surface area contributed by atoms with Crippen molar-refractivity contribution in [3.63, 3.8) is 0 Å². The molecule has 0 aliphatic heterocycles. The van der Waals surface area contributed by atoms with Crippen LogP contribution in [-0.4, -0.2) is 9.79 Å². The Morgan fingerprint density at radius 1 is 1.19 bits per heavy atom. The highest BCUT2D eigenvalue weighted by atomic mass is 35.5. The Labute approximate surface area is 128 Å². The van der Waals surface area contributed by atoms with Crippen molar-refractivity contribution in [2.45, 2.75) is 19.3 Å². The predicted molar refractivity (Wildman–Crippen MR) is 84.3 cm³/mol. The fourth-order valence-electron chi connectivity index (χ4n) is 2.12. The van der Waals surface area contributed by atoms with Gasteiger partial charge >= 0.3 is 7.60 Å². The summed E-state index contributed by atoms with van der Waals surface area (Å²) in [5.74, 6) is -1.07. The highest BCUT2D eigenvalue weighted by Crippen LogP contribution is 2.50. The van der Waals surface area contributed by atoms with Crippen molar-refractivity contribution in [2.75, 3.05) is 0 Å². The lowest BCUT2D eigenvalue weighted by atomic mass is 10.1. The molecule has 0 fully saturated rings. The molecule has 3 N–H and O–H groups in total. The van der Waals surface area contributed by atoms with Crippen LogP contribution >= 0.6 is 19.2 Å². The molecule has 0 radical (unpaired) electrons. The molecule has 1 atom stereocenters. The minimum Gasteiger partial charge on any atom is -0.323 e. The van der Waals surface area contributed by atoms with Gasteiger partial charge in [-0.25, -0.2) is 0 Å². The van der Waals surface area contributed by atoms with Gasteiger partial charge in [0.05, 0.1) is 0 Å². The van der Waals surface area contributed by atoms with Crippen molar-refractivity contribution in [3.05, 3.63) is 70.2 Å². The molecule has 2 rings (SSSR count). The lowest BCUT2D eigenvalue weighted by Gasteiger charge is -2.21. The number of nitrogens with one attached hydrogen (secondary N) is 1. The fraction of sp³-hybridized carbons (Fsp3) is 0.200. The van der Waals surface area contributed by atoms with E-state index in [-0.39, 0.29) is 0 Å². The molecule has 4 nitrogen and oxygen atoms in total. The maximum atomic E-state index is 11.7. The van der Waals surface area contributed by atoms with E-state index in [1.165, 1.54) is 0 Å². The van der Waals surface area contributed by atoms with Gasteiger partial charge in [0.15, 0.2) is 0 Å². The van der Waals surface area contributed by atoms with E-state index in [4.69, 9.17) is 11.6 Å². The maximum Gasteiger partial charge on any atom is 0.346 e. The van der Waals surface area contributed by atoms with E-state index in [0.29, 0.717) is 17.1 Å². The van der Waals surface area contributed by atoms with Crippen molar-refractivity contribution in [3.8, 4) is 0 Å². The molecule has 0 aromatic heterocycles. The summed E-state index contributed by atoms with van der Waals surface area (Å²) in [6.07, 6.45) is 0. The number of hydrogen-bond donors (Lipinski definition) is 3. The molecule has 0 aliphatic carbocycles. The molecule has 0 saturated carbocycles. The molecule has 6 heteroatoms. The third-order valence-corrected chi connectivity index (χ3v) is 4.64. The van der Waals surface area contributed by atoms with E-state index < -0.39 is 13.4 Å². The van der Waals surface area contributed by atoms with Gasteiger partial charge in [-0.2, -0.15) is 0 Å². The minimum absolute atomic E-state index is 0.370. The molecule has 0 unspecified atom stereocenters.